The van der Waals surface area contributed by atoms with Gasteiger partial charge in [0, 0.05) is 44.1 Å². The van der Waals surface area contributed by atoms with Crippen LogP contribution in [0.25, 0.3) is 0 Å². The number of hydrogen-bond donors (Lipinski definition) is 1. The summed E-state index contributed by atoms with van der Waals surface area (Å²) in [4.78, 5) is 37.0. The van der Waals surface area contributed by atoms with Crippen molar-refractivity contribution in [1.29, 1.82) is 0 Å². The molecule has 6 heteroatoms. The summed E-state index contributed by atoms with van der Waals surface area (Å²) in [5.74, 6) is 2.17. The third-order valence-electron chi connectivity index (χ3n) is 6.76. The first-order valence-electron chi connectivity index (χ1n) is 10.7. The number of carbonyl (C=O) groups is 1. The van der Waals surface area contributed by atoms with Crippen LogP contribution >= 0.6 is 0 Å². The molecule has 1 aromatic rings. The van der Waals surface area contributed by atoms with Gasteiger partial charge in [0.1, 0.15) is 5.82 Å². The van der Waals surface area contributed by atoms with E-state index in [1.807, 2.05) is 4.90 Å². The van der Waals surface area contributed by atoms with Crippen LogP contribution < -0.4 is 5.56 Å². The van der Waals surface area contributed by atoms with Crippen LogP contribution in [0, 0.1) is 5.92 Å². The fourth-order valence-corrected chi connectivity index (χ4v) is 4.97. The molecule has 1 saturated heterocycles. The molecular formula is C21H32N4O2. The van der Waals surface area contributed by atoms with Gasteiger partial charge in [-0.15, -0.1) is 0 Å². The van der Waals surface area contributed by atoms with Crippen molar-refractivity contribution in [2.45, 2.75) is 70.3 Å². The van der Waals surface area contributed by atoms with E-state index in [-0.39, 0.29) is 11.5 Å². The fourth-order valence-electron chi connectivity index (χ4n) is 4.97. The Labute approximate surface area is 161 Å². The Morgan fingerprint density at radius 1 is 1.15 bits per heavy atom. The summed E-state index contributed by atoms with van der Waals surface area (Å²) in [5, 5.41) is 0. The largest absolute Gasteiger partial charge is 0.343 e. The lowest BCUT2D eigenvalue weighted by Crippen LogP contribution is -2.39. The van der Waals surface area contributed by atoms with Crippen LogP contribution in [-0.2, 0) is 17.8 Å². The van der Waals surface area contributed by atoms with Crippen LogP contribution in [0.2, 0.25) is 0 Å². The molecule has 1 aliphatic carbocycles. The van der Waals surface area contributed by atoms with Gasteiger partial charge in [-0.3, -0.25) is 9.59 Å². The second kappa shape index (κ2) is 8.13. The number of amides is 1. The third kappa shape index (κ3) is 4.26. The van der Waals surface area contributed by atoms with Crippen molar-refractivity contribution in [2.75, 3.05) is 26.7 Å². The van der Waals surface area contributed by atoms with E-state index >= 15 is 0 Å². The van der Waals surface area contributed by atoms with Crippen molar-refractivity contribution in [2.24, 2.45) is 5.92 Å². The standard InChI is InChI=1S/C21H32N4O2/c1-24-11-10-17-18(14-24)22-20(23-21(17)27)16-8-12-25(13-9-16)19(26)7-6-15-4-2-3-5-15/h15-16H,2-14H2,1H3,(H,22,23,27). The molecule has 1 N–H and O–H groups in total. The summed E-state index contributed by atoms with van der Waals surface area (Å²) in [5.41, 5.74) is 1.84. The highest BCUT2D eigenvalue weighted by atomic mass is 16.2. The molecule has 6 nitrogen and oxygen atoms in total. The van der Waals surface area contributed by atoms with Crippen molar-refractivity contribution in [3.63, 3.8) is 0 Å². The summed E-state index contributed by atoms with van der Waals surface area (Å²) in [7, 11) is 2.07. The lowest BCUT2D eigenvalue weighted by molar-refractivity contribution is -0.132. The molecule has 4 rings (SSSR count). The molecule has 0 bridgehead atoms. The maximum atomic E-state index is 12.5. The van der Waals surface area contributed by atoms with Crippen LogP contribution in [-0.4, -0.2) is 52.4 Å². The van der Waals surface area contributed by atoms with E-state index in [2.05, 4.69) is 16.9 Å². The van der Waals surface area contributed by atoms with Crippen LogP contribution in [0.4, 0.5) is 0 Å². The molecule has 0 unspecified atom stereocenters. The number of rotatable bonds is 4. The molecule has 2 aliphatic heterocycles. The number of carbonyl (C=O) groups excluding carboxylic acids is 1. The Hall–Kier alpha value is -1.69. The molecule has 1 amide bonds. The maximum absolute atomic E-state index is 12.5. The summed E-state index contributed by atoms with van der Waals surface area (Å²) in [6.07, 6.45) is 9.63. The molecule has 27 heavy (non-hydrogen) atoms. The van der Waals surface area contributed by atoms with Gasteiger partial charge in [0.05, 0.1) is 5.69 Å². The van der Waals surface area contributed by atoms with E-state index in [0.29, 0.717) is 12.3 Å². The van der Waals surface area contributed by atoms with Crippen molar-refractivity contribution < 1.29 is 4.79 Å². The predicted molar refractivity (Wildman–Crippen MR) is 105 cm³/mol. The number of nitrogens with one attached hydrogen (secondary N) is 1. The predicted octanol–water partition coefficient (Wildman–Crippen LogP) is 2.43. The quantitative estimate of drug-likeness (QED) is 0.881. The highest BCUT2D eigenvalue weighted by Gasteiger charge is 2.27. The fraction of sp³-hybridized carbons (Fsp3) is 0.762. The van der Waals surface area contributed by atoms with E-state index in [1.165, 1.54) is 25.7 Å². The number of likely N-dealkylation sites (N-methyl/N-ethyl adjacent to an activating group) is 1. The lowest BCUT2D eigenvalue weighted by Gasteiger charge is -2.32. The van der Waals surface area contributed by atoms with Crippen molar-refractivity contribution in [3.8, 4) is 0 Å². The van der Waals surface area contributed by atoms with Gasteiger partial charge in [0.25, 0.3) is 5.56 Å². The maximum Gasteiger partial charge on any atom is 0.254 e. The molecule has 0 radical (unpaired) electrons. The van der Waals surface area contributed by atoms with Gasteiger partial charge in [0.15, 0.2) is 0 Å². The SMILES string of the molecule is CN1CCc2c(nc(C3CCN(C(=O)CCC4CCCC4)CC3)[nH]c2=O)C1. The minimum atomic E-state index is 0.0400. The van der Waals surface area contributed by atoms with Crippen LogP contribution in [0.15, 0.2) is 4.79 Å². The second-order valence-electron chi connectivity index (χ2n) is 8.71. The minimum Gasteiger partial charge on any atom is -0.343 e. The second-order valence-corrected chi connectivity index (χ2v) is 8.71. The first kappa shape index (κ1) is 18.7. The van der Waals surface area contributed by atoms with Gasteiger partial charge in [-0.25, -0.2) is 4.98 Å². The van der Waals surface area contributed by atoms with Crippen LogP contribution in [0.3, 0.4) is 0 Å². The third-order valence-corrected chi connectivity index (χ3v) is 6.76. The number of aromatic nitrogens is 2. The van der Waals surface area contributed by atoms with E-state index in [0.717, 1.165) is 74.9 Å². The number of nitrogens with zero attached hydrogens (tertiary/aromatic N) is 3. The number of piperidine rings is 1. The molecular weight excluding hydrogens is 340 g/mol. The zero-order valence-electron chi connectivity index (χ0n) is 16.5. The zero-order valence-corrected chi connectivity index (χ0v) is 16.5. The number of fused-ring (bicyclic) bond motifs is 1. The lowest BCUT2D eigenvalue weighted by atomic mass is 9.94. The van der Waals surface area contributed by atoms with Crippen molar-refractivity contribution in [1.82, 2.24) is 19.8 Å². The molecule has 0 aromatic carbocycles. The highest BCUT2D eigenvalue weighted by molar-refractivity contribution is 5.76. The molecule has 1 aromatic heterocycles. The number of likely N-dealkylation sites (tertiary alicyclic amines) is 1. The first-order valence-corrected chi connectivity index (χ1v) is 10.7. The number of hydrogen-bond acceptors (Lipinski definition) is 4. The normalized spacial score (nSPS) is 22.2. The zero-order chi connectivity index (χ0) is 18.8. The van der Waals surface area contributed by atoms with E-state index in [4.69, 9.17) is 4.98 Å². The first-order chi connectivity index (χ1) is 13.1. The average molecular weight is 373 g/mol. The Morgan fingerprint density at radius 2 is 1.89 bits per heavy atom. The number of H-pyrrole nitrogens is 1. The molecule has 3 aliphatic rings. The van der Waals surface area contributed by atoms with E-state index in [1.54, 1.807) is 0 Å². The van der Waals surface area contributed by atoms with E-state index in [9.17, 15) is 9.59 Å². The summed E-state index contributed by atoms with van der Waals surface area (Å²) in [6, 6.07) is 0. The van der Waals surface area contributed by atoms with Crippen molar-refractivity contribution >= 4 is 5.91 Å². The highest BCUT2D eigenvalue weighted by Crippen LogP contribution is 2.30. The van der Waals surface area contributed by atoms with Crippen molar-refractivity contribution in [3.05, 3.63) is 27.4 Å². The molecule has 3 heterocycles. The Bertz CT molecular complexity index is 730. The summed E-state index contributed by atoms with van der Waals surface area (Å²) in [6.45, 7) is 3.24. The van der Waals surface area contributed by atoms with Crippen LogP contribution in [0.5, 0.6) is 0 Å². The van der Waals surface area contributed by atoms with Gasteiger partial charge in [-0.2, -0.15) is 0 Å². The van der Waals surface area contributed by atoms with Gasteiger partial charge in [-0.05, 0) is 38.6 Å². The topological polar surface area (TPSA) is 69.3 Å². The molecule has 2 fully saturated rings. The van der Waals surface area contributed by atoms with Gasteiger partial charge in [0.2, 0.25) is 5.91 Å². The number of aromatic amines is 1. The van der Waals surface area contributed by atoms with Gasteiger partial charge >= 0.3 is 0 Å². The van der Waals surface area contributed by atoms with E-state index < -0.39 is 0 Å². The Morgan fingerprint density at radius 3 is 2.63 bits per heavy atom. The minimum absolute atomic E-state index is 0.0400. The average Bonchev–Trinajstić information content (AvgIpc) is 3.19. The smallest absolute Gasteiger partial charge is 0.254 e. The Kier molecular flexibility index (Phi) is 5.62. The van der Waals surface area contributed by atoms with Gasteiger partial charge < -0.3 is 14.8 Å². The molecule has 0 spiro atoms. The molecule has 148 valence electrons. The molecule has 1 saturated carbocycles. The van der Waals surface area contributed by atoms with Gasteiger partial charge in [-0.1, -0.05) is 25.7 Å². The summed E-state index contributed by atoms with van der Waals surface area (Å²) < 4.78 is 0. The monoisotopic (exact) mass is 372 g/mol. The van der Waals surface area contributed by atoms with Crippen LogP contribution in [0.1, 0.15) is 74.4 Å². The molecule has 0 atom stereocenters. The Balaban J connectivity index is 1.33. The summed E-state index contributed by atoms with van der Waals surface area (Å²) >= 11 is 0.